The van der Waals surface area contributed by atoms with Crippen LogP contribution >= 0.6 is 0 Å². The van der Waals surface area contributed by atoms with Gasteiger partial charge in [0.2, 0.25) is 0 Å². The van der Waals surface area contributed by atoms with Crippen LogP contribution in [-0.2, 0) is 4.79 Å². The number of fused-ring (bicyclic) bond motifs is 2. The van der Waals surface area contributed by atoms with Gasteiger partial charge in [-0.25, -0.2) is 9.37 Å². The van der Waals surface area contributed by atoms with Crippen LogP contribution in [0, 0.1) is 11.2 Å². The Bertz CT molecular complexity index is 1360. The third-order valence-corrected chi connectivity index (χ3v) is 6.68. The molecule has 1 aliphatic carbocycles. The zero-order valence-electron chi connectivity index (χ0n) is 18.4. The molecule has 0 bridgehead atoms. The largest absolute Gasteiger partial charge is 0.494 e. The van der Waals surface area contributed by atoms with Crippen molar-refractivity contribution in [1.29, 1.82) is 0 Å². The lowest BCUT2D eigenvalue weighted by molar-refractivity contribution is -0.154. The lowest BCUT2D eigenvalue weighted by Crippen LogP contribution is -2.40. The number of carbonyl (C=O) groups is 1. The fraction of sp³-hybridized carbons (Fsp3) is 0.375. The molecular weight excluding hydrogens is 411 g/mol. The van der Waals surface area contributed by atoms with Crippen molar-refractivity contribution in [3.05, 3.63) is 47.5 Å². The van der Waals surface area contributed by atoms with Crippen LogP contribution < -0.4 is 4.74 Å². The highest BCUT2D eigenvalue weighted by atomic mass is 19.1. The van der Waals surface area contributed by atoms with Crippen molar-refractivity contribution in [2.75, 3.05) is 7.11 Å². The Labute approximate surface area is 184 Å². The van der Waals surface area contributed by atoms with Gasteiger partial charge in [0.1, 0.15) is 0 Å². The van der Waals surface area contributed by atoms with Gasteiger partial charge in [-0.05, 0) is 49.8 Å². The molecule has 0 atom stereocenters. The van der Waals surface area contributed by atoms with E-state index in [9.17, 15) is 14.3 Å². The third-order valence-electron chi connectivity index (χ3n) is 6.68. The topological polar surface area (TPSA) is 93.0 Å². The Hall–Kier alpha value is -3.42. The van der Waals surface area contributed by atoms with Crippen molar-refractivity contribution < 1.29 is 19.0 Å². The molecule has 3 heterocycles. The summed E-state index contributed by atoms with van der Waals surface area (Å²) in [6.45, 7) is 6.01. The van der Waals surface area contributed by atoms with E-state index in [1.807, 2.05) is 6.07 Å². The lowest BCUT2D eigenvalue weighted by Gasteiger charge is -2.42. The first-order valence-corrected chi connectivity index (χ1v) is 10.7. The summed E-state index contributed by atoms with van der Waals surface area (Å²) in [5, 5.41) is 17.6. The number of benzene rings is 1. The van der Waals surface area contributed by atoms with Gasteiger partial charge in [-0.1, -0.05) is 13.8 Å². The summed E-state index contributed by atoms with van der Waals surface area (Å²) in [6, 6.07) is 6.85. The average molecular weight is 436 g/mol. The molecule has 4 aromatic rings. The Kier molecular flexibility index (Phi) is 4.51. The molecule has 1 fully saturated rings. The zero-order valence-corrected chi connectivity index (χ0v) is 18.4. The number of aromatic amines is 1. The van der Waals surface area contributed by atoms with E-state index in [2.05, 4.69) is 28.6 Å². The van der Waals surface area contributed by atoms with Gasteiger partial charge < -0.3 is 14.4 Å². The van der Waals surface area contributed by atoms with E-state index in [-0.39, 0.29) is 17.6 Å². The average Bonchev–Trinajstić information content (AvgIpc) is 3.31. The first-order valence-electron chi connectivity index (χ1n) is 10.7. The number of methoxy groups -OCH3 is 1. The Morgan fingerprint density at radius 1 is 1.34 bits per heavy atom. The maximum Gasteiger partial charge on any atom is 0.309 e. The SMILES string of the molecule is COc1cc(-n2c(C(C)C)c([C@H]3C[C@](C)(C(=O)O)C3)c3nc4[nH]ncc4cc32)ccc1F. The van der Waals surface area contributed by atoms with Crippen molar-refractivity contribution >= 4 is 28.0 Å². The van der Waals surface area contributed by atoms with E-state index in [4.69, 9.17) is 9.72 Å². The van der Waals surface area contributed by atoms with Crippen LogP contribution in [0.15, 0.2) is 30.5 Å². The van der Waals surface area contributed by atoms with Crippen LogP contribution in [0.25, 0.3) is 27.8 Å². The fourth-order valence-electron chi connectivity index (χ4n) is 5.05. The molecule has 0 radical (unpaired) electrons. The van der Waals surface area contributed by atoms with Gasteiger partial charge in [-0.15, -0.1) is 0 Å². The molecular formula is C24H25FN4O3. The number of nitrogens with zero attached hydrogens (tertiary/aromatic N) is 3. The highest BCUT2D eigenvalue weighted by molar-refractivity contribution is 5.94. The van der Waals surface area contributed by atoms with Crippen LogP contribution in [0.5, 0.6) is 5.75 Å². The second-order valence-corrected chi connectivity index (χ2v) is 9.24. The Morgan fingerprint density at radius 2 is 2.09 bits per heavy atom. The molecule has 5 rings (SSSR count). The third kappa shape index (κ3) is 2.89. The number of aromatic nitrogens is 4. The van der Waals surface area contributed by atoms with Crippen molar-refractivity contribution in [3.8, 4) is 11.4 Å². The number of nitrogens with one attached hydrogen (secondary N) is 1. The van der Waals surface area contributed by atoms with E-state index in [0.29, 0.717) is 18.5 Å². The maximum absolute atomic E-state index is 14.2. The van der Waals surface area contributed by atoms with Crippen LogP contribution in [0.1, 0.15) is 56.7 Å². The molecule has 1 aromatic carbocycles. The highest BCUT2D eigenvalue weighted by Gasteiger charge is 2.49. The number of carboxylic acid groups (broad SMARTS) is 1. The fourth-order valence-corrected chi connectivity index (χ4v) is 5.05. The molecule has 0 spiro atoms. The maximum atomic E-state index is 14.2. The molecule has 0 aliphatic heterocycles. The van der Waals surface area contributed by atoms with Crippen LogP contribution in [0.2, 0.25) is 0 Å². The van der Waals surface area contributed by atoms with E-state index in [1.165, 1.54) is 13.2 Å². The monoisotopic (exact) mass is 436 g/mol. The zero-order chi connectivity index (χ0) is 22.8. The molecule has 1 aliphatic rings. The molecule has 2 N–H and O–H groups in total. The number of carboxylic acids is 1. The minimum atomic E-state index is -0.768. The minimum Gasteiger partial charge on any atom is -0.494 e. The molecule has 0 amide bonds. The van der Waals surface area contributed by atoms with Gasteiger partial charge in [-0.2, -0.15) is 5.10 Å². The summed E-state index contributed by atoms with van der Waals surface area (Å²) in [4.78, 5) is 16.6. The van der Waals surface area contributed by atoms with Gasteiger partial charge in [0, 0.05) is 28.4 Å². The molecule has 0 saturated heterocycles. The van der Waals surface area contributed by atoms with Gasteiger partial charge in [-0.3, -0.25) is 9.89 Å². The van der Waals surface area contributed by atoms with E-state index in [1.54, 1.807) is 25.3 Å². The van der Waals surface area contributed by atoms with Crippen molar-refractivity contribution in [2.24, 2.45) is 5.41 Å². The predicted molar refractivity (Wildman–Crippen MR) is 119 cm³/mol. The number of rotatable bonds is 5. The molecule has 166 valence electrons. The van der Waals surface area contributed by atoms with Crippen LogP contribution in [0.3, 0.4) is 0 Å². The molecule has 7 nitrogen and oxygen atoms in total. The number of aliphatic carboxylic acids is 1. The first-order chi connectivity index (χ1) is 15.2. The number of hydrogen-bond donors (Lipinski definition) is 2. The van der Waals surface area contributed by atoms with Gasteiger partial charge in [0.25, 0.3) is 0 Å². The van der Waals surface area contributed by atoms with E-state index >= 15 is 0 Å². The van der Waals surface area contributed by atoms with E-state index < -0.39 is 17.2 Å². The van der Waals surface area contributed by atoms with Crippen molar-refractivity contribution in [3.63, 3.8) is 0 Å². The second kappa shape index (κ2) is 7.05. The molecule has 3 aromatic heterocycles. The summed E-state index contributed by atoms with van der Waals surface area (Å²) in [5.41, 5.74) is 4.55. The molecule has 0 unspecified atom stereocenters. The van der Waals surface area contributed by atoms with Gasteiger partial charge >= 0.3 is 5.97 Å². The van der Waals surface area contributed by atoms with Gasteiger partial charge in [0.15, 0.2) is 17.2 Å². The van der Waals surface area contributed by atoms with Crippen molar-refractivity contribution in [1.82, 2.24) is 19.7 Å². The Morgan fingerprint density at radius 3 is 2.75 bits per heavy atom. The summed E-state index contributed by atoms with van der Waals surface area (Å²) in [5.74, 6) is -0.822. The number of halogens is 1. The highest BCUT2D eigenvalue weighted by Crippen LogP contribution is 2.54. The van der Waals surface area contributed by atoms with E-state index in [0.717, 1.165) is 33.4 Å². The lowest BCUT2D eigenvalue weighted by atomic mass is 9.60. The predicted octanol–water partition coefficient (Wildman–Crippen LogP) is 5.14. The summed E-state index contributed by atoms with van der Waals surface area (Å²) in [6.07, 6.45) is 2.83. The smallest absolute Gasteiger partial charge is 0.309 e. The molecule has 1 saturated carbocycles. The number of hydrogen-bond acceptors (Lipinski definition) is 4. The normalized spacial score (nSPS) is 20.8. The molecule has 8 heteroatoms. The molecule has 32 heavy (non-hydrogen) atoms. The standard InChI is InChI=1S/C24H25FN4O3/c1-12(2)21-19(14-9-24(3,10-14)23(30)31)20-17(7-13-11-26-28-22(13)27-20)29(21)15-5-6-16(25)18(8-15)32-4/h5-8,11-12,14H,9-10H2,1-4H3,(H,30,31)(H,26,27,28)/t14-,24-. The number of pyridine rings is 1. The Balaban J connectivity index is 1.81. The van der Waals surface area contributed by atoms with Crippen LogP contribution in [-0.4, -0.2) is 37.9 Å². The van der Waals surface area contributed by atoms with Crippen LogP contribution in [0.4, 0.5) is 4.39 Å². The first kappa shape index (κ1) is 20.5. The second-order valence-electron chi connectivity index (χ2n) is 9.24. The van der Waals surface area contributed by atoms with Gasteiger partial charge in [0.05, 0.1) is 29.8 Å². The minimum absolute atomic E-state index is 0.0764. The quantitative estimate of drug-likeness (QED) is 0.452. The van der Waals surface area contributed by atoms with Crippen molar-refractivity contribution in [2.45, 2.75) is 45.4 Å². The summed E-state index contributed by atoms with van der Waals surface area (Å²) in [7, 11) is 1.45. The number of H-pyrrole nitrogens is 1. The summed E-state index contributed by atoms with van der Waals surface area (Å²) >= 11 is 0. The summed E-state index contributed by atoms with van der Waals surface area (Å²) < 4.78 is 21.5. The number of ether oxygens (including phenoxy) is 1.